The van der Waals surface area contributed by atoms with E-state index in [1.807, 2.05) is 12.1 Å². The van der Waals surface area contributed by atoms with E-state index in [2.05, 4.69) is 189 Å². The maximum absolute atomic E-state index is 6.31. The highest BCUT2D eigenvalue weighted by atomic mass is 16.3. The lowest BCUT2D eigenvalue weighted by Gasteiger charge is -2.32. The quantitative estimate of drug-likeness (QED) is 0.161. The highest BCUT2D eigenvalue weighted by Crippen LogP contribution is 2.49. The smallest absolute Gasteiger partial charge is 0.136 e. The van der Waals surface area contributed by atoms with E-state index in [9.17, 15) is 0 Å². The minimum absolute atomic E-state index is 0.0428. The fourth-order valence-electron chi connectivity index (χ4n) is 9.41. The molecule has 8 aromatic carbocycles. The van der Waals surface area contributed by atoms with Crippen LogP contribution in [-0.4, -0.2) is 0 Å². The zero-order valence-electron chi connectivity index (χ0n) is 33.7. The number of furan rings is 1. The summed E-state index contributed by atoms with van der Waals surface area (Å²) in [5.74, 6) is 0.585. The van der Waals surface area contributed by atoms with Crippen molar-refractivity contribution in [2.45, 2.75) is 64.2 Å². The van der Waals surface area contributed by atoms with E-state index in [0.29, 0.717) is 5.92 Å². The Kier molecular flexibility index (Phi) is 9.21. The number of nitrogens with zero attached hydrogens (tertiary/aromatic N) is 1. The molecule has 0 spiro atoms. The molecule has 0 radical (unpaired) electrons. The Bertz CT molecular complexity index is 2900. The summed E-state index contributed by atoms with van der Waals surface area (Å²) in [6.45, 7) is 6.93. The van der Waals surface area contributed by atoms with Crippen LogP contribution < -0.4 is 4.90 Å². The maximum atomic E-state index is 6.31. The van der Waals surface area contributed by atoms with E-state index in [4.69, 9.17) is 4.42 Å². The number of para-hydroxylation sites is 2. The third-order valence-corrected chi connectivity index (χ3v) is 12.4. The molecule has 2 heteroatoms. The van der Waals surface area contributed by atoms with Gasteiger partial charge in [-0.3, -0.25) is 0 Å². The van der Waals surface area contributed by atoms with Crippen LogP contribution >= 0.6 is 0 Å². The Morgan fingerprint density at radius 2 is 1.17 bits per heavy atom. The summed E-state index contributed by atoms with van der Waals surface area (Å²) in [6, 6.07) is 64.9. The third-order valence-electron chi connectivity index (χ3n) is 12.4. The number of fused-ring (bicyclic) bond motifs is 4. The lowest BCUT2D eigenvalue weighted by molar-refractivity contribution is 0.445. The summed E-state index contributed by atoms with van der Waals surface area (Å²) in [7, 11) is 0. The zero-order valence-corrected chi connectivity index (χ0v) is 33.7. The van der Waals surface area contributed by atoms with Crippen LogP contribution in [-0.2, 0) is 5.41 Å². The summed E-state index contributed by atoms with van der Waals surface area (Å²) in [6.07, 6.45) is 6.48. The van der Waals surface area contributed by atoms with Crippen LogP contribution in [0.5, 0.6) is 0 Å². The Morgan fingerprint density at radius 3 is 1.98 bits per heavy atom. The van der Waals surface area contributed by atoms with Gasteiger partial charge in [0.25, 0.3) is 0 Å². The molecule has 0 N–H and O–H groups in total. The first-order valence-corrected chi connectivity index (χ1v) is 21.0. The predicted octanol–water partition coefficient (Wildman–Crippen LogP) is 16.6. The van der Waals surface area contributed by atoms with Gasteiger partial charge in [-0.2, -0.15) is 0 Å². The molecule has 284 valence electrons. The van der Waals surface area contributed by atoms with Gasteiger partial charge in [-0.25, -0.2) is 0 Å². The SMILES string of the molecule is CC(C)(C)c1ccc(-c2ccccc2)c(N(c2ccc(-c3ccc4c(c3)oc3ccccc34)cc2)c2ccccc2-c2cccc3cccc(C4CCCCC4)c23)c1. The van der Waals surface area contributed by atoms with E-state index in [-0.39, 0.29) is 5.41 Å². The first kappa shape index (κ1) is 36.0. The average molecular weight is 752 g/mol. The molecule has 0 saturated heterocycles. The van der Waals surface area contributed by atoms with Crippen molar-refractivity contribution >= 4 is 49.8 Å². The molecular weight excluding hydrogens is 703 g/mol. The van der Waals surface area contributed by atoms with Gasteiger partial charge in [-0.1, -0.05) is 173 Å². The van der Waals surface area contributed by atoms with E-state index >= 15 is 0 Å². The van der Waals surface area contributed by atoms with E-state index in [1.54, 1.807) is 0 Å². The van der Waals surface area contributed by atoms with Crippen molar-refractivity contribution in [3.8, 4) is 33.4 Å². The van der Waals surface area contributed by atoms with E-state index < -0.39 is 0 Å². The second-order valence-corrected chi connectivity index (χ2v) is 17.1. The van der Waals surface area contributed by atoms with Crippen LogP contribution in [0.4, 0.5) is 17.1 Å². The lowest BCUT2D eigenvalue weighted by Crippen LogP contribution is -2.16. The molecule has 0 bridgehead atoms. The molecule has 1 aliphatic carbocycles. The van der Waals surface area contributed by atoms with Crippen LogP contribution in [0.3, 0.4) is 0 Å². The molecule has 0 atom stereocenters. The summed E-state index contributed by atoms with van der Waals surface area (Å²) in [5, 5.41) is 5.00. The normalized spacial score (nSPS) is 13.7. The number of hydrogen-bond donors (Lipinski definition) is 0. The highest BCUT2D eigenvalue weighted by molar-refractivity contribution is 6.06. The number of anilines is 3. The second-order valence-electron chi connectivity index (χ2n) is 17.1. The van der Waals surface area contributed by atoms with Crippen molar-refractivity contribution in [3.05, 3.63) is 187 Å². The molecule has 0 unspecified atom stereocenters. The summed E-state index contributed by atoms with van der Waals surface area (Å²) >= 11 is 0. The predicted molar refractivity (Wildman–Crippen MR) is 247 cm³/mol. The Morgan fingerprint density at radius 1 is 0.483 bits per heavy atom. The molecule has 1 aliphatic rings. The molecule has 58 heavy (non-hydrogen) atoms. The largest absolute Gasteiger partial charge is 0.456 e. The first-order chi connectivity index (χ1) is 28.4. The van der Waals surface area contributed by atoms with Gasteiger partial charge in [0.2, 0.25) is 0 Å². The Hall–Kier alpha value is -6.38. The average Bonchev–Trinajstić information content (AvgIpc) is 3.65. The minimum Gasteiger partial charge on any atom is -0.456 e. The topological polar surface area (TPSA) is 16.4 Å². The molecule has 0 amide bonds. The first-order valence-electron chi connectivity index (χ1n) is 21.0. The Labute approximate surface area is 342 Å². The maximum Gasteiger partial charge on any atom is 0.136 e. The van der Waals surface area contributed by atoms with Crippen molar-refractivity contribution in [1.82, 2.24) is 0 Å². The highest BCUT2D eigenvalue weighted by Gasteiger charge is 2.26. The van der Waals surface area contributed by atoms with Gasteiger partial charge >= 0.3 is 0 Å². The number of rotatable bonds is 7. The van der Waals surface area contributed by atoms with Crippen molar-refractivity contribution in [2.24, 2.45) is 0 Å². The standard InChI is InChI=1S/C56H49NO/c1-56(2,3)43-31-35-45(39-16-6-4-7-17-39)52(37-43)57(44-32-28-38(29-33-44)42-30-34-49-48-23-11-13-27-53(48)58-54(49)36-42)51-26-12-10-22-47(51)50-25-15-21-41-20-14-24-46(55(41)50)40-18-8-5-9-19-40/h4,6-7,10-17,20-37,40H,5,8-9,18-19H2,1-3H3. The van der Waals surface area contributed by atoms with Crippen LogP contribution in [0.25, 0.3) is 66.1 Å². The monoisotopic (exact) mass is 751 g/mol. The number of hydrogen-bond acceptors (Lipinski definition) is 2. The van der Waals surface area contributed by atoms with Crippen molar-refractivity contribution in [1.29, 1.82) is 0 Å². The van der Waals surface area contributed by atoms with Gasteiger partial charge in [0.05, 0.1) is 11.4 Å². The van der Waals surface area contributed by atoms with Crippen LogP contribution in [0.15, 0.2) is 180 Å². The van der Waals surface area contributed by atoms with Gasteiger partial charge in [0.15, 0.2) is 0 Å². The molecule has 10 rings (SSSR count). The minimum atomic E-state index is -0.0428. The Balaban J connectivity index is 1.18. The summed E-state index contributed by atoms with van der Waals surface area (Å²) in [4.78, 5) is 2.52. The van der Waals surface area contributed by atoms with Crippen molar-refractivity contribution in [2.75, 3.05) is 4.90 Å². The van der Waals surface area contributed by atoms with E-state index in [0.717, 1.165) is 50.1 Å². The van der Waals surface area contributed by atoms with Gasteiger partial charge in [0, 0.05) is 27.6 Å². The number of benzene rings is 8. The fourth-order valence-corrected chi connectivity index (χ4v) is 9.41. The van der Waals surface area contributed by atoms with Gasteiger partial charge in [-0.15, -0.1) is 0 Å². The zero-order chi connectivity index (χ0) is 39.2. The molecule has 1 fully saturated rings. The van der Waals surface area contributed by atoms with E-state index in [1.165, 1.54) is 76.3 Å². The van der Waals surface area contributed by atoms with Gasteiger partial charge < -0.3 is 9.32 Å². The van der Waals surface area contributed by atoms with Crippen LogP contribution in [0.1, 0.15) is 69.9 Å². The van der Waals surface area contributed by atoms with Crippen molar-refractivity contribution < 1.29 is 4.42 Å². The van der Waals surface area contributed by atoms with Crippen molar-refractivity contribution in [3.63, 3.8) is 0 Å². The molecule has 2 nitrogen and oxygen atoms in total. The van der Waals surface area contributed by atoms with Gasteiger partial charge in [0.1, 0.15) is 11.2 Å². The summed E-state index contributed by atoms with van der Waals surface area (Å²) in [5.41, 5.74) is 15.2. The third kappa shape index (κ3) is 6.57. The van der Waals surface area contributed by atoms with Gasteiger partial charge in [-0.05, 0) is 111 Å². The molecule has 1 aromatic heterocycles. The molecule has 9 aromatic rings. The molecule has 1 saturated carbocycles. The van der Waals surface area contributed by atoms with Crippen LogP contribution in [0, 0.1) is 0 Å². The fraction of sp³-hybridized carbons (Fsp3) is 0.179. The molecular formula is C56H49NO. The van der Waals surface area contributed by atoms with Crippen LogP contribution in [0.2, 0.25) is 0 Å². The lowest BCUT2D eigenvalue weighted by atomic mass is 9.80. The molecule has 1 heterocycles. The molecule has 0 aliphatic heterocycles. The second kappa shape index (κ2) is 14.8. The summed E-state index contributed by atoms with van der Waals surface area (Å²) < 4.78 is 6.31.